The number of allylic oxidation sites excluding steroid dienone is 4. The van der Waals surface area contributed by atoms with Crippen LogP contribution in [0.25, 0.3) is 0 Å². The van der Waals surface area contributed by atoms with Gasteiger partial charge in [-0.2, -0.15) is 0 Å². The van der Waals surface area contributed by atoms with Crippen molar-refractivity contribution in [1.29, 1.82) is 0 Å². The van der Waals surface area contributed by atoms with Crippen molar-refractivity contribution in [3.63, 3.8) is 0 Å². The summed E-state index contributed by atoms with van der Waals surface area (Å²) >= 11 is 0. The summed E-state index contributed by atoms with van der Waals surface area (Å²) < 4.78 is 16.7. The van der Waals surface area contributed by atoms with Gasteiger partial charge in [-0.1, -0.05) is 167 Å². The molecule has 0 radical (unpaired) electrons. The van der Waals surface area contributed by atoms with Gasteiger partial charge in [-0.15, -0.1) is 0 Å². The fourth-order valence-corrected chi connectivity index (χ4v) is 6.25. The van der Waals surface area contributed by atoms with Crippen LogP contribution in [-0.2, 0) is 28.6 Å². The molecule has 0 aromatic carbocycles. The standard InChI is InChI=1S/C46H84O6/c1-4-7-10-13-16-19-22-24-27-30-33-36-39-45(48)51-42-43(41-50-44(47)38-35-32-29-26-21-18-15-12-9-6-3)52-46(49)40-37-34-31-28-25-23-20-17-14-11-8-5-2/h16-17,19-20,43H,4-15,18,21-42H2,1-3H3/b19-16-,20-17-. The van der Waals surface area contributed by atoms with Gasteiger partial charge in [0.05, 0.1) is 0 Å². The van der Waals surface area contributed by atoms with Gasteiger partial charge in [-0.25, -0.2) is 0 Å². The first-order chi connectivity index (χ1) is 25.5. The van der Waals surface area contributed by atoms with Gasteiger partial charge in [0, 0.05) is 19.3 Å². The molecular weight excluding hydrogens is 648 g/mol. The number of unbranched alkanes of at least 4 members (excludes halogenated alkanes) is 25. The van der Waals surface area contributed by atoms with Crippen LogP contribution in [-0.4, -0.2) is 37.2 Å². The van der Waals surface area contributed by atoms with Gasteiger partial charge in [0.1, 0.15) is 13.2 Å². The van der Waals surface area contributed by atoms with Crippen molar-refractivity contribution in [3.05, 3.63) is 24.3 Å². The number of carbonyl (C=O) groups is 3. The molecule has 0 N–H and O–H groups in total. The number of carbonyl (C=O) groups excluding carboxylic acids is 3. The molecule has 52 heavy (non-hydrogen) atoms. The Morgan fingerprint density at radius 2 is 0.635 bits per heavy atom. The Bertz CT molecular complexity index is 850. The summed E-state index contributed by atoms with van der Waals surface area (Å²) in [5.74, 6) is -0.893. The second-order valence-electron chi connectivity index (χ2n) is 15.0. The van der Waals surface area contributed by atoms with Crippen molar-refractivity contribution >= 4 is 17.9 Å². The summed E-state index contributed by atoms with van der Waals surface area (Å²) in [5.41, 5.74) is 0. The normalized spacial score (nSPS) is 12.1. The van der Waals surface area contributed by atoms with E-state index in [9.17, 15) is 14.4 Å². The average molecular weight is 733 g/mol. The summed E-state index contributed by atoms with van der Waals surface area (Å²) in [6.07, 6.45) is 44.4. The minimum atomic E-state index is -0.771. The SMILES string of the molecule is CCCCC/C=C\CCCCCCCC(=O)OCC(COC(=O)CCCCCCCCCCCC)OC(=O)CCCCCCC/C=C\CCCCC. The number of ether oxygens (including phenoxy) is 3. The van der Waals surface area contributed by atoms with Crippen molar-refractivity contribution in [3.8, 4) is 0 Å². The first kappa shape index (κ1) is 49.9. The fourth-order valence-electron chi connectivity index (χ4n) is 6.25. The zero-order valence-electron chi connectivity index (χ0n) is 34.6. The molecule has 6 nitrogen and oxygen atoms in total. The van der Waals surface area contributed by atoms with E-state index in [0.29, 0.717) is 19.3 Å². The highest BCUT2D eigenvalue weighted by molar-refractivity contribution is 5.71. The Balaban J connectivity index is 4.38. The first-order valence-corrected chi connectivity index (χ1v) is 22.3. The van der Waals surface area contributed by atoms with E-state index in [4.69, 9.17) is 14.2 Å². The van der Waals surface area contributed by atoms with Gasteiger partial charge in [0.25, 0.3) is 0 Å². The largest absolute Gasteiger partial charge is 0.462 e. The van der Waals surface area contributed by atoms with Gasteiger partial charge in [-0.05, 0) is 70.6 Å². The maximum Gasteiger partial charge on any atom is 0.306 e. The van der Waals surface area contributed by atoms with Gasteiger partial charge in [0.15, 0.2) is 6.10 Å². The van der Waals surface area contributed by atoms with Crippen LogP contribution < -0.4 is 0 Å². The van der Waals surface area contributed by atoms with E-state index in [1.54, 1.807) is 0 Å². The molecule has 0 aromatic rings. The summed E-state index contributed by atoms with van der Waals surface area (Å²) in [5, 5.41) is 0. The summed E-state index contributed by atoms with van der Waals surface area (Å²) in [7, 11) is 0. The van der Waals surface area contributed by atoms with E-state index < -0.39 is 6.10 Å². The average Bonchev–Trinajstić information content (AvgIpc) is 3.14. The van der Waals surface area contributed by atoms with Crippen LogP contribution >= 0.6 is 0 Å². The molecule has 0 bridgehead atoms. The quantitative estimate of drug-likeness (QED) is 0.0270. The number of hydrogen-bond acceptors (Lipinski definition) is 6. The second-order valence-corrected chi connectivity index (χ2v) is 15.0. The predicted octanol–water partition coefficient (Wildman–Crippen LogP) is 14.0. The third-order valence-corrected chi connectivity index (χ3v) is 9.68. The molecule has 0 saturated carbocycles. The smallest absolute Gasteiger partial charge is 0.306 e. The van der Waals surface area contributed by atoms with E-state index in [2.05, 4.69) is 45.1 Å². The Kier molecular flexibility index (Phi) is 40.0. The molecule has 0 aliphatic carbocycles. The molecule has 0 spiro atoms. The minimum absolute atomic E-state index is 0.0748. The lowest BCUT2D eigenvalue weighted by molar-refractivity contribution is -0.167. The molecule has 0 heterocycles. The monoisotopic (exact) mass is 733 g/mol. The highest BCUT2D eigenvalue weighted by Gasteiger charge is 2.19. The molecule has 1 atom stereocenters. The number of rotatable bonds is 40. The Hall–Kier alpha value is -2.11. The third-order valence-electron chi connectivity index (χ3n) is 9.68. The highest BCUT2D eigenvalue weighted by Crippen LogP contribution is 2.14. The molecule has 0 fully saturated rings. The minimum Gasteiger partial charge on any atom is -0.462 e. The molecule has 0 aromatic heterocycles. The molecule has 0 aliphatic heterocycles. The lowest BCUT2D eigenvalue weighted by atomic mass is 10.1. The van der Waals surface area contributed by atoms with Gasteiger partial charge in [-0.3, -0.25) is 14.4 Å². The maximum absolute atomic E-state index is 12.7. The summed E-state index contributed by atoms with van der Waals surface area (Å²) in [6.45, 7) is 6.56. The van der Waals surface area contributed by atoms with Crippen LogP contribution in [0.3, 0.4) is 0 Å². The van der Waals surface area contributed by atoms with E-state index in [1.807, 2.05) is 0 Å². The van der Waals surface area contributed by atoms with E-state index in [-0.39, 0.29) is 31.1 Å². The van der Waals surface area contributed by atoms with E-state index >= 15 is 0 Å². The molecule has 0 aliphatic rings. The van der Waals surface area contributed by atoms with Crippen LogP contribution in [0.5, 0.6) is 0 Å². The molecular formula is C46H84O6. The zero-order chi connectivity index (χ0) is 38.0. The van der Waals surface area contributed by atoms with Crippen molar-refractivity contribution in [2.24, 2.45) is 0 Å². The van der Waals surface area contributed by atoms with Crippen LogP contribution in [0, 0.1) is 0 Å². The maximum atomic E-state index is 12.7. The Morgan fingerprint density at radius 3 is 1.00 bits per heavy atom. The zero-order valence-corrected chi connectivity index (χ0v) is 34.6. The lowest BCUT2D eigenvalue weighted by Crippen LogP contribution is -2.30. The molecule has 0 amide bonds. The van der Waals surface area contributed by atoms with E-state index in [1.165, 1.54) is 122 Å². The van der Waals surface area contributed by atoms with Crippen LogP contribution in [0.4, 0.5) is 0 Å². The molecule has 0 rings (SSSR count). The van der Waals surface area contributed by atoms with Crippen molar-refractivity contribution in [2.45, 2.75) is 239 Å². The summed E-state index contributed by atoms with van der Waals surface area (Å²) in [4.78, 5) is 37.6. The predicted molar refractivity (Wildman–Crippen MR) is 219 cm³/mol. The Morgan fingerprint density at radius 1 is 0.365 bits per heavy atom. The topological polar surface area (TPSA) is 78.9 Å². The first-order valence-electron chi connectivity index (χ1n) is 22.3. The Labute approximate surface area is 322 Å². The number of esters is 3. The third kappa shape index (κ3) is 39.1. The fraction of sp³-hybridized carbons (Fsp3) is 0.848. The molecule has 0 saturated heterocycles. The molecule has 1 unspecified atom stereocenters. The van der Waals surface area contributed by atoms with Gasteiger partial charge < -0.3 is 14.2 Å². The second kappa shape index (κ2) is 41.6. The highest BCUT2D eigenvalue weighted by atomic mass is 16.6. The summed E-state index contributed by atoms with van der Waals surface area (Å²) in [6, 6.07) is 0. The molecule has 304 valence electrons. The van der Waals surface area contributed by atoms with Crippen LogP contribution in [0.15, 0.2) is 24.3 Å². The van der Waals surface area contributed by atoms with Crippen molar-refractivity contribution in [2.75, 3.05) is 13.2 Å². The van der Waals surface area contributed by atoms with Gasteiger partial charge >= 0.3 is 17.9 Å². The van der Waals surface area contributed by atoms with E-state index in [0.717, 1.165) is 70.6 Å². The number of hydrogen-bond donors (Lipinski definition) is 0. The van der Waals surface area contributed by atoms with Crippen LogP contribution in [0.2, 0.25) is 0 Å². The lowest BCUT2D eigenvalue weighted by Gasteiger charge is -2.18. The molecule has 6 heteroatoms. The van der Waals surface area contributed by atoms with Crippen molar-refractivity contribution in [1.82, 2.24) is 0 Å². The van der Waals surface area contributed by atoms with Crippen LogP contribution in [0.1, 0.15) is 233 Å². The van der Waals surface area contributed by atoms with Crippen molar-refractivity contribution < 1.29 is 28.6 Å². The van der Waals surface area contributed by atoms with Gasteiger partial charge in [0.2, 0.25) is 0 Å².